The molecule has 3 heterocycles. The van der Waals surface area contributed by atoms with Crippen LogP contribution in [-0.2, 0) is 14.3 Å². The fourth-order valence-corrected chi connectivity index (χ4v) is 6.04. The van der Waals surface area contributed by atoms with E-state index in [0.717, 1.165) is 24.9 Å². The van der Waals surface area contributed by atoms with Crippen molar-refractivity contribution in [3.63, 3.8) is 0 Å². The van der Waals surface area contributed by atoms with Crippen molar-refractivity contribution in [2.75, 3.05) is 44.7 Å². The molecule has 44 heavy (non-hydrogen) atoms. The second-order valence-corrected chi connectivity index (χ2v) is 12.2. The van der Waals surface area contributed by atoms with Crippen molar-refractivity contribution in [1.82, 2.24) is 14.8 Å². The number of halogens is 2. The number of aromatic carboxylic acids is 1. The molecule has 2 aliphatic rings. The van der Waals surface area contributed by atoms with E-state index in [4.69, 9.17) is 49.7 Å². The third kappa shape index (κ3) is 7.95. The van der Waals surface area contributed by atoms with Crippen LogP contribution in [0.5, 0.6) is 0 Å². The highest BCUT2D eigenvalue weighted by Crippen LogP contribution is 2.36. The average Bonchev–Trinajstić information content (AvgIpc) is 3.52. The van der Waals surface area contributed by atoms with Gasteiger partial charge >= 0.3 is 5.97 Å². The Morgan fingerprint density at radius 1 is 1.14 bits per heavy atom. The van der Waals surface area contributed by atoms with Gasteiger partial charge in [0.2, 0.25) is 11.8 Å². The lowest BCUT2D eigenvalue weighted by molar-refractivity contribution is -0.122. The molecule has 5 rings (SSSR count). The molecule has 14 heteroatoms. The fourth-order valence-electron chi connectivity index (χ4n) is 4.39. The number of carbonyl (C=O) groups excluding carboxylic acids is 2. The number of thioether (sulfide) groups is 1. The molecule has 2 fully saturated rings. The van der Waals surface area contributed by atoms with E-state index >= 15 is 0 Å². The molecule has 0 aliphatic carbocycles. The van der Waals surface area contributed by atoms with Gasteiger partial charge in [-0.1, -0.05) is 53.3 Å². The maximum atomic E-state index is 13.3. The van der Waals surface area contributed by atoms with Crippen LogP contribution in [0.1, 0.15) is 28.2 Å². The molecule has 0 saturated carbocycles. The van der Waals surface area contributed by atoms with Crippen LogP contribution in [0.15, 0.2) is 57.9 Å². The number of hydrogen-bond donors (Lipinski definition) is 2. The van der Waals surface area contributed by atoms with Crippen molar-refractivity contribution in [3.05, 3.63) is 80.5 Å². The third-order valence-corrected chi connectivity index (χ3v) is 8.64. The SMILES string of the molecule is O=C(CCN1C(=O)C(=Cc2oc(-c3cc(Cl)ccc3Cl)nc2C=CCN2CCOCC2)SC1=S)Nc1ccc(C(=O)O)cc1. The van der Waals surface area contributed by atoms with E-state index in [2.05, 4.69) is 15.2 Å². The lowest BCUT2D eigenvalue weighted by Crippen LogP contribution is -2.36. The standard InChI is InChI=1S/C30H26Cl2N4O6S2/c31-19-5-8-22(32)21(16-19)27-34-23(2-1-10-35-12-14-41-15-13-35)24(42-27)17-25-28(38)36(30(43)44-25)11-9-26(37)33-20-6-3-18(4-7-20)29(39)40/h1-8,16-17H,9-15H2,(H,33,37)(H,39,40). The zero-order chi connectivity index (χ0) is 31.2. The van der Waals surface area contributed by atoms with Gasteiger partial charge in [-0.2, -0.15) is 0 Å². The first-order valence-corrected chi connectivity index (χ1v) is 15.5. The number of oxazole rings is 1. The number of ether oxygens (including phenoxy) is 1. The van der Waals surface area contributed by atoms with Crippen LogP contribution in [0.4, 0.5) is 5.69 Å². The molecule has 2 aliphatic heterocycles. The summed E-state index contributed by atoms with van der Waals surface area (Å²) in [6.07, 6.45) is 5.38. The number of anilines is 1. The van der Waals surface area contributed by atoms with Gasteiger partial charge < -0.3 is 19.6 Å². The monoisotopic (exact) mass is 672 g/mol. The maximum Gasteiger partial charge on any atom is 0.335 e. The third-order valence-electron chi connectivity index (χ3n) is 6.70. The van der Waals surface area contributed by atoms with Gasteiger partial charge in [0.25, 0.3) is 5.91 Å². The van der Waals surface area contributed by atoms with Crippen LogP contribution >= 0.6 is 47.2 Å². The number of carbonyl (C=O) groups is 3. The van der Waals surface area contributed by atoms with E-state index in [-0.39, 0.29) is 36.2 Å². The first-order valence-electron chi connectivity index (χ1n) is 13.5. The van der Waals surface area contributed by atoms with Gasteiger partial charge in [-0.05, 0) is 48.5 Å². The summed E-state index contributed by atoms with van der Waals surface area (Å²) in [6, 6.07) is 10.8. The highest BCUT2D eigenvalue weighted by atomic mass is 35.5. The second kappa shape index (κ2) is 14.5. The van der Waals surface area contributed by atoms with E-state index in [0.29, 0.717) is 61.7 Å². The molecule has 2 saturated heterocycles. The van der Waals surface area contributed by atoms with E-state index in [1.54, 1.807) is 24.3 Å². The van der Waals surface area contributed by atoms with Gasteiger partial charge in [0.1, 0.15) is 10.0 Å². The van der Waals surface area contributed by atoms with Gasteiger partial charge in [0, 0.05) is 49.4 Å². The van der Waals surface area contributed by atoms with Crippen molar-refractivity contribution >= 4 is 87.1 Å². The minimum Gasteiger partial charge on any atom is -0.478 e. The van der Waals surface area contributed by atoms with Crippen molar-refractivity contribution in [1.29, 1.82) is 0 Å². The summed E-state index contributed by atoms with van der Waals surface area (Å²) in [5, 5.41) is 12.6. The molecular formula is C30H26Cl2N4O6S2. The number of hydrogen-bond acceptors (Lipinski definition) is 9. The Morgan fingerprint density at radius 2 is 1.89 bits per heavy atom. The van der Waals surface area contributed by atoms with Gasteiger partial charge in [-0.3, -0.25) is 19.4 Å². The molecular weight excluding hydrogens is 647 g/mol. The Balaban J connectivity index is 1.31. The zero-order valence-electron chi connectivity index (χ0n) is 23.1. The Labute approximate surface area is 272 Å². The number of rotatable bonds is 10. The Kier molecular flexibility index (Phi) is 10.5. The molecule has 2 N–H and O–H groups in total. The second-order valence-electron chi connectivity index (χ2n) is 9.72. The molecule has 0 atom stereocenters. The van der Waals surface area contributed by atoms with Crippen LogP contribution < -0.4 is 5.32 Å². The predicted molar refractivity (Wildman–Crippen MR) is 175 cm³/mol. The zero-order valence-corrected chi connectivity index (χ0v) is 26.3. The molecule has 228 valence electrons. The Bertz CT molecular complexity index is 1650. The van der Waals surface area contributed by atoms with Crippen LogP contribution in [0.25, 0.3) is 23.6 Å². The molecule has 10 nitrogen and oxygen atoms in total. The lowest BCUT2D eigenvalue weighted by Gasteiger charge is -2.25. The molecule has 1 aromatic heterocycles. The largest absolute Gasteiger partial charge is 0.478 e. The average molecular weight is 674 g/mol. The highest BCUT2D eigenvalue weighted by Gasteiger charge is 2.33. The van der Waals surface area contributed by atoms with Crippen molar-refractivity contribution in [2.24, 2.45) is 0 Å². The van der Waals surface area contributed by atoms with Crippen LogP contribution in [-0.4, -0.2) is 81.4 Å². The van der Waals surface area contributed by atoms with Gasteiger partial charge in [-0.25, -0.2) is 9.78 Å². The number of benzene rings is 2. The summed E-state index contributed by atoms with van der Waals surface area (Å²) in [6.45, 7) is 3.78. The van der Waals surface area contributed by atoms with Gasteiger partial charge in [0.15, 0.2) is 5.76 Å². The predicted octanol–water partition coefficient (Wildman–Crippen LogP) is 5.92. The van der Waals surface area contributed by atoms with Gasteiger partial charge in [-0.15, -0.1) is 0 Å². The summed E-state index contributed by atoms with van der Waals surface area (Å²) in [5.74, 6) is -1.18. The summed E-state index contributed by atoms with van der Waals surface area (Å²) < 4.78 is 11.8. The Hall–Kier alpha value is -3.52. The smallest absolute Gasteiger partial charge is 0.335 e. The summed E-state index contributed by atoms with van der Waals surface area (Å²) >= 11 is 19.2. The summed E-state index contributed by atoms with van der Waals surface area (Å²) in [5.41, 5.74) is 1.57. The summed E-state index contributed by atoms with van der Waals surface area (Å²) in [4.78, 5) is 45.5. The van der Waals surface area contributed by atoms with Crippen molar-refractivity contribution in [2.45, 2.75) is 6.42 Å². The van der Waals surface area contributed by atoms with Gasteiger partial charge in [0.05, 0.1) is 34.3 Å². The van der Waals surface area contributed by atoms with Crippen LogP contribution in [0.2, 0.25) is 10.0 Å². The van der Waals surface area contributed by atoms with E-state index in [1.807, 2.05) is 12.2 Å². The number of nitrogens with one attached hydrogen (secondary N) is 1. The molecule has 2 amide bonds. The molecule has 0 radical (unpaired) electrons. The van der Waals surface area contributed by atoms with Crippen molar-refractivity contribution in [3.8, 4) is 11.5 Å². The number of carboxylic acids is 1. The quantitative estimate of drug-likeness (QED) is 0.198. The molecule has 0 bridgehead atoms. The van der Waals surface area contributed by atoms with Crippen LogP contribution in [0, 0.1) is 0 Å². The number of thiocarbonyl (C=S) groups is 1. The molecule has 0 spiro atoms. The van der Waals surface area contributed by atoms with E-state index in [9.17, 15) is 14.4 Å². The molecule has 0 unspecified atom stereocenters. The number of carboxylic acid groups (broad SMARTS) is 1. The first kappa shape index (κ1) is 31.9. The Morgan fingerprint density at radius 3 is 2.61 bits per heavy atom. The molecule has 3 aromatic rings. The first-order chi connectivity index (χ1) is 21.2. The molecule has 2 aromatic carbocycles. The number of amides is 2. The number of nitrogens with zero attached hydrogens (tertiary/aromatic N) is 3. The topological polar surface area (TPSA) is 125 Å². The van der Waals surface area contributed by atoms with E-state index in [1.165, 1.54) is 29.2 Å². The van der Waals surface area contributed by atoms with E-state index < -0.39 is 5.97 Å². The maximum absolute atomic E-state index is 13.3. The highest BCUT2D eigenvalue weighted by molar-refractivity contribution is 8.26. The minimum absolute atomic E-state index is 0.0182. The number of aromatic nitrogens is 1. The van der Waals surface area contributed by atoms with Crippen molar-refractivity contribution < 1.29 is 28.6 Å². The lowest BCUT2D eigenvalue weighted by atomic mass is 10.2. The fraction of sp³-hybridized carbons (Fsp3) is 0.233. The summed E-state index contributed by atoms with van der Waals surface area (Å²) in [7, 11) is 0. The number of morpholine rings is 1. The minimum atomic E-state index is -1.06. The van der Waals surface area contributed by atoms with Crippen LogP contribution in [0.3, 0.4) is 0 Å². The normalized spacial score (nSPS) is 16.8.